The van der Waals surface area contributed by atoms with Crippen molar-refractivity contribution in [2.75, 3.05) is 52.6 Å². The molecule has 0 aliphatic carbocycles. The van der Waals surface area contributed by atoms with Crippen LogP contribution in [0, 0.1) is 5.92 Å². The summed E-state index contributed by atoms with van der Waals surface area (Å²) in [5, 5.41) is 41.9. The van der Waals surface area contributed by atoms with E-state index in [1.54, 1.807) is 12.1 Å². The lowest BCUT2D eigenvalue weighted by molar-refractivity contribution is -0.147. The molecule has 6 N–H and O–H groups in total. The normalized spacial score (nSPS) is 16.0. The van der Waals surface area contributed by atoms with Crippen molar-refractivity contribution in [3.8, 4) is 5.75 Å². The van der Waals surface area contributed by atoms with Gasteiger partial charge in [-0.25, -0.2) is 26.4 Å². The number of halogens is 4. The number of Topliss-reactive ketones (excluding diaryl/α,β-unsaturated/α-hetero) is 1. The van der Waals surface area contributed by atoms with Crippen LogP contribution >= 0.6 is 46.4 Å². The molecule has 0 radical (unpaired) electrons. The maximum absolute atomic E-state index is 13.9. The number of phenols is 1. The summed E-state index contributed by atoms with van der Waals surface area (Å²) in [6.45, 7) is 4.10. The second-order valence-corrected chi connectivity index (χ2v) is 22.6. The molecule has 75 heavy (non-hydrogen) atoms. The first-order valence-electron chi connectivity index (χ1n) is 22.8. The van der Waals surface area contributed by atoms with Gasteiger partial charge in [-0.3, -0.25) is 19.2 Å². The third kappa shape index (κ3) is 15.5. The van der Waals surface area contributed by atoms with Gasteiger partial charge in [0.25, 0.3) is 0 Å². The van der Waals surface area contributed by atoms with Gasteiger partial charge in [0.1, 0.15) is 46.1 Å². The van der Waals surface area contributed by atoms with Crippen molar-refractivity contribution in [1.82, 2.24) is 19.2 Å². The molecule has 2 aliphatic heterocycles. The summed E-state index contributed by atoms with van der Waals surface area (Å²) < 4.78 is 71.1. The highest BCUT2D eigenvalue weighted by Crippen LogP contribution is 2.44. The molecule has 6 rings (SSSR count). The topological polar surface area (TPSA) is 310 Å². The molecule has 0 aromatic heterocycles. The van der Waals surface area contributed by atoms with E-state index >= 15 is 0 Å². The number of carbonyl (C=O) groups excluding carboxylic acids is 3. The largest absolute Gasteiger partial charge is 0.508 e. The van der Waals surface area contributed by atoms with Gasteiger partial charge in [0.05, 0.1) is 36.5 Å². The van der Waals surface area contributed by atoms with E-state index in [0.29, 0.717) is 12.0 Å². The Morgan fingerprint density at radius 2 is 1.07 bits per heavy atom. The number of ketones is 1. The van der Waals surface area contributed by atoms with Crippen LogP contribution in [0.4, 0.5) is 4.79 Å². The molecule has 2 aliphatic rings. The maximum Gasteiger partial charge on any atom is 0.408 e. The van der Waals surface area contributed by atoms with Crippen LogP contribution in [-0.4, -0.2) is 146 Å². The molecule has 2 fully saturated rings. The first kappa shape index (κ1) is 60.3. The Morgan fingerprint density at radius 3 is 1.48 bits per heavy atom. The maximum atomic E-state index is 13.9. The highest BCUT2D eigenvalue weighted by atomic mass is 35.5. The summed E-state index contributed by atoms with van der Waals surface area (Å²) in [5.74, 6) is -12.0. The number of nitrogens with one attached hydrogen (secondary N) is 2. The molecule has 0 spiro atoms. The summed E-state index contributed by atoms with van der Waals surface area (Å²) >= 11 is 25.4. The molecular formula is C48H52Cl4N4O17S2. The van der Waals surface area contributed by atoms with Crippen molar-refractivity contribution in [2.24, 2.45) is 5.92 Å². The van der Waals surface area contributed by atoms with Crippen LogP contribution in [0.1, 0.15) is 54.4 Å². The van der Waals surface area contributed by atoms with Crippen LogP contribution in [0.25, 0.3) is 0 Å². The summed E-state index contributed by atoms with van der Waals surface area (Å²) in [4.78, 5) is 74.6. The van der Waals surface area contributed by atoms with E-state index in [1.807, 2.05) is 44.2 Å². The van der Waals surface area contributed by atoms with Crippen molar-refractivity contribution in [2.45, 2.75) is 67.0 Å². The molecule has 27 heteroatoms. The fraction of sp³-hybridized carbons (Fsp3) is 0.375. The van der Waals surface area contributed by atoms with E-state index in [2.05, 4.69) is 10.6 Å². The number of carbonyl (C=O) groups is 6. The smallest absolute Gasteiger partial charge is 0.408 e. The zero-order valence-electron chi connectivity index (χ0n) is 40.0. The molecule has 2 unspecified atom stereocenters. The van der Waals surface area contributed by atoms with Gasteiger partial charge >= 0.3 is 24.0 Å². The van der Waals surface area contributed by atoms with Crippen molar-refractivity contribution in [1.29, 1.82) is 0 Å². The Hall–Kier alpha value is -5.60. The van der Waals surface area contributed by atoms with Gasteiger partial charge in [-0.15, -0.1) is 0 Å². The fourth-order valence-corrected chi connectivity index (χ4v) is 12.5. The number of morpholine rings is 2. The third-order valence-electron chi connectivity index (χ3n) is 11.5. The van der Waals surface area contributed by atoms with Crippen LogP contribution < -0.4 is 10.6 Å². The summed E-state index contributed by atoms with van der Waals surface area (Å²) in [5.41, 5.74) is 0.0787. The number of carboxylic acids is 3. The number of ether oxygens (including phenoxy) is 3. The number of hydrogen-bond donors (Lipinski definition) is 6. The second-order valence-electron chi connectivity index (χ2n) is 17.2. The molecule has 0 bridgehead atoms. The number of phenolic OH excluding ortho intramolecular Hbond substituents is 1. The summed E-state index contributed by atoms with van der Waals surface area (Å²) in [6, 6.07) is 17.2. The van der Waals surface area contributed by atoms with E-state index < -0.39 is 121 Å². The van der Waals surface area contributed by atoms with Gasteiger partial charge in [-0.05, 0) is 59.9 Å². The molecule has 2 saturated heterocycles. The van der Waals surface area contributed by atoms with Gasteiger partial charge in [0.2, 0.25) is 26.0 Å². The minimum absolute atomic E-state index is 0.0281. The van der Waals surface area contributed by atoms with E-state index in [0.717, 1.165) is 38.4 Å². The predicted molar refractivity (Wildman–Crippen MR) is 272 cm³/mol. The number of carboxylic acid groups (broad SMARTS) is 3. The molecule has 0 saturated carbocycles. The molecule has 2 amide bonds. The van der Waals surface area contributed by atoms with Gasteiger partial charge in [0, 0.05) is 53.8 Å². The quantitative estimate of drug-likeness (QED) is 0.0570. The molecular weight excluding hydrogens is 1110 g/mol. The molecule has 21 nitrogen and oxygen atoms in total. The summed E-state index contributed by atoms with van der Waals surface area (Å²) in [6.07, 6.45) is -0.401. The molecule has 4 atom stereocenters. The van der Waals surface area contributed by atoms with Crippen molar-refractivity contribution in [3.05, 3.63) is 121 Å². The zero-order chi connectivity index (χ0) is 55.4. The Balaban J connectivity index is 0.000000295. The number of aromatic hydroxyl groups is 1. The standard InChI is InChI=1S/C25H24Cl4N2O11S2.C23H28N2O6/c26-13-1-3-15(43(37,38)30-5-9-41-10-6-30)21(28)17(13)19(24(33)34)23(32)20(25(35)36)18-14(27)2-4-16(22(18)29)44(39,40)31-7-11-42-12-8-31;1-15(2)12-19(25-23(30)31-14-17-6-4-3-5-7-17)21(27)24-20(22(28)29)13-16-8-10-18(26)11-9-16/h1-4,19-20H,5-12H2,(H,33,34)(H,35,36);3-11,15,19-20,26H,12-14H2,1-2H3,(H,24,27)(H,25,30)(H,28,29)/t;19-,20-/m.0/s1. The Labute approximate surface area is 451 Å². The zero-order valence-corrected chi connectivity index (χ0v) is 44.6. The van der Waals surface area contributed by atoms with E-state index in [-0.39, 0.29) is 77.3 Å². The molecule has 4 aromatic carbocycles. The van der Waals surface area contributed by atoms with Crippen molar-refractivity contribution >= 4 is 102 Å². The van der Waals surface area contributed by atoms with Gasteiger partial charge in [0.15, 0.2) is 5.78 Å². The molecule has 4 aromatic rings. The molecule has 406 valence electrons. The number of aliphatic carboxylic acids is 3. The number of alkyl carbamates (subject to hydrolysis) is 1. The predicted octanol–water partition coefficient (Wildman–Crippen LogP) is 5.79. The first-order valence-corrected chi connectivity index (χ1v) is 27.1. The number of amides is 2. The van der Waals surface area contributed by atoms with E-state index in [4.69, 9.17) is 60.6 Å². The number of benzene rings is 4. The van der Waals surface area contributed by atoms with E-state index in [1.165, 1.54) is 12.1 Å². The Bertz CT molecular complexity index is 2840. The van der Waals surface area contributed by atoms with Crippen LogP contribution in [0.15, 0.2) is 88.7 Å². The minimum atomic E-state index is -4.33. The second kappa shape index (κ2) is 26.9. The number of nitrogens with zero attached hydrogens (tertiary/aromatic N) is 2. The van der Waals surface area contributed by atoms with Crippen LogP contribution in [0.5, 0.6) is 5.75 Å². The molecule has 2 heterocycles. The average Bonchev–Trinajstić information content (AvgIpc) is 3.36. The summed E-state index contributed by atoms with van der Waals surface area (Å²) in [7, 11) is -8.66. The number of sulfonamides is 2. The van der Waals surface area contributed by atoms with Gasteiger partial charge < -0.3 is 45.3 Å². The monoisotopic (exact) mass is 1160 g/mol. The van der Waals surface area contributed by atoms with Gasteiger partial charge in [-0.1, -0.05) is 103 Å². The Morgan fingerprint density at radius 1 is 0.613 bits per heavy atom. The first-order chi connectivity index (χ1) is 35.4. The highest BCUT2D eigenvalue weighted by molar-refractivity contribution is 7.89. The minimum Gasteiger partial charge on any atom is -0.508 e. The van der Waals surface area contributed by atoms with Crippen molar-refractivity contribution in [3.63, 3.8) is 0 Å². The lowest BCUT2D eigenvalue weighted by Gasteiger charge is -2.28. The lowest BCUT2D eigenvalue weighted by Crippen LogP contribution is -2.52. The van der Waals surface area contributed by atoms with E-state index in [9.17, 15) is 66.0 Å². The highest BCUT2D eigenvalue weighted by Gasteiger charge is 2.45. The fourth-order valence-electron chi connectivity index (χ4n) is 7.77. The van der Waals surface area contributed by atoms with Crippen LogP contribution in [0.2, 0.25) is 20.1 Å². The number of rotatable bonds is 20. The van der Waals surface area contributed by atoms with Crippen LogP contribution in [0.3, 0.4) is 0 Å². The van der Waals surface area contributed by atoms with Crippen molar-refractivity contribution < 1.29 is 80.2 Å². The third-order valence-corrected chi connectivity index (χ3v) is 17.1. The Kier molecular flexibility index (Phi) is 21.6. The SMILES string of the molecule is CC(C)C[C@H](NC(=O)OCc1ccccc1)C(=O)N[C@@H](Cc1ccc(O)cc1)C(=O)O.O=C(O)C(C(=O)C(C(=O)O)c1c(Cl)ccc(S(=O)(=O)N2CCOCC2)c1Cl)c1c(Cl)ccc(S(=O)(=O)N2CCOCC2)c1Cl. The van der Waals surface area contributed by atoms with Gasteiger partial charge in [-0.2, -0.15) is 8.61 Å². The van der Waals surface area contributed by atoms with Crippen LogP contribution in [-0.2, 0) is 71.3 Å². The lowest BCUT2D eigenvalue weighted by atomic mass is 9.83. The average molecular weight is 1160 g/mol. The number of hydrogen-bond acceptors (Lipinski definition) is 14.